The Morgan fingerprint density at radius 3 is 2.81 bits per heavy atom. The van der Waals surface area contributed by atoms with E-state index in [1.54, 1.807) is 7.11 Å². The summed E-state index contributed by atoms with van der Waals surface area (Å²) in [7, 11) is 1.75. The molecule has 1 spiro atoms. The summed E-state index contributed by atoms with van der Waals surface area (Å²) in [5.41, 5.74) is 0.275. The largest absolute Gasteiger partial charge is 0.383 e. The fourth-order valence-corrected chi connectivity index (χ4v) is 3.07. The van der Waals surface area contributed by atoms with E-state index in [-0.39, 0.29) is 5.60 Å². The molecule has 2 unspecified atom stereocenters. The van der Waals surface area contributed by atoms with Gasteiger partial charge in [0.25, 0.3) is 0 Å². The molecule has 1 aliphatic heterocycles. The molecule has 1 aliphatic carbocycles. The molecule has 0 radical (unpaired) electrons. The highest BCUT2D eigenvalue weighted by atomic mass is 16.5. The molecule has 2 rings (SSSR count). The van der Waals surface area contributed by atoms with Crippen molar-refractivity contribution in [1.29, 1.82) is 0 Å². The Labute approximate surface area is 98.9 Å². The molecule has 1 saturated carbocycles. The predicted molar refractivity (Wildman–Crippen MR) is 64.6 cm³/mol. The third-order valence-corrected chi connectivity index (χ3v) is 3.96. The summed E-state index contributed by atoms with van der Waals surface area (Å²) < 4.78 is 11.3. The first-order valence-corrected chi connectivity index (χ1v) is 6.64. The minimum absolute atomic E-state index is 0.275. The van der Waals surface area contributed by atoms with Crippen LogP contribution in [0.2, 0.25) is 0 Å². The van der Waals surface area contributed by atoms with Crippen LogP contribution in [0.1, 0.15) is 45.4 Å². The molecule has 1 N–H and O–H groups in total. The molecule has 1 saturated heterocycles. The van der Waals surface area contributed by atoms with E-state index < -0.39 is 0 Å². The van der Waals surface area contributed by atoms with Crippen LogP contribution in [0.25, 0.3) is 0 Å². The molecule has 0 aromatic carbocycles. The SMILES string of the molecule is COCC(C)NCC1CCC2(CCCC2)O1. The van der Waals surface area contributed by atoms with Crippen LogP contribution in [-0.4, -0.2) is 38.0 Å². The Morgan fingerprint density at radius 1 is 1.38 bits per heavy atom. The van der Waals surface area contributed by atoms with Gasteiger partial charge in [0.15, 0.2) is 0 Å². The minimum atomic E-state index is 0.275. The van der Waals surface area contributed by atoms with Gasteiger partial charge in [-0.25, -0.2) is 0 Å². The van der Waals surface area contributed by atoms with E-state index in [9.17, 15) is 0 Å². The molecule has 94 valence electrons. The van der Waals surface area contributed by atoms with Crippen molar-refractivity contribution in [3.8, 4) is 0 Å². The Hall–Kier alpha value is -0.120. The zero-order valence-electron chi connectivity index (χ0n) is 10.6. The molecule has 3 nitrogen and oxygen atoms in total. The maximum Gasteiger partial charge on any atom is 0.0708 e. The standard InChI is InChI=1S/C13H25NO2/c1-11(10-15-2)14-9-12-5-8-13(16-12)6-3-4-7-13/h11-12,14H,3-10H2,1-2H3. The zero-order valence-corrected chi connectivity index (χ0v) is 10.6. The van der Waals surface area contributed by atoms with Crippen LogP contribution in [0, 0.1) is 0 Å². The van der Waals surface area contributed by atoms with Crippen LogP contribution in [0.15, 0.2) is 0 Å². The highest BCUT2D eigenvalue weighted by Crippen LogP contribution is 2.43. The summed E-state index contributed by atoms with van der Waals surface area (Å²) in [4.78, 5) is 0. The second kappa shape index (κ2) is 5.48. The third-order valence-electron chi connectivity index (χ3n) is 3.96. The normalized spacial score (nSPS) is 30.0. The number of methoxy groups -OCH3 is 1. The molecule has 1 heterocycles. The Kier molecular flexibility index (Phi) is 4.22. The highest BCUT2D eigenvalue weighted by Gasteiger charge is 2.41. The lowest BCUT2D eigenvalue weighted by molar-refractivity contribution is -0.0363. The number of nitrogens with one attached hydrogen (secondary N) is 1. The van der Waals surface area contributed by atoms with Crippen molar-refractivity contribution in [1.82, 2.24) is 5.32 Å². The molecule has 16 heavy (non-hydrogen) atoms. The highest BCUT2D eigenvalue weighted by molar-refractivity contribution is 4.93. The molecule has 0 bridgehead atoms. The van der Waals surface area contributed by atoms with E-state index in [0.29, 0.717) is 12.1 Å². The van der Waals surface area contributed by atoms with Gasteiger partial charge in [-0.05, 0) is 32.6 Å². The van der Waals surface area contributed by atoms with Crippen LogP contribution >= 0.6 is 0 Å². The van der Waals surface area contributed by atoms with Gasteiger partial charge in [-0.15, -0.1) is 0 Å². The van der Waals surface area contributed by atoms with E-state index in [1.165, 1.54) is 38.5 Å². The van der Waals surface area contributed by atoms with Gasteiger partial charge in [0.05, 0.1) is 18.3 Å². The number of ether oxygens (including phenoxy) is 2. The fraction of sp³-hybridized carbons (Fsp3) is 1.00. The molecule has 2 aliphatic rings. The predicted octanol–water partition coefficient (Wildman–Crippen LogP) is 2.10. The lowest BCUT2D eigenvalue weighted by Crippen LogP contribution is -2.37. The number of hydrogen-bond acceptors (Lipinski definition) is 3. The molecule has 0 aromatic rings. The maximum atomic E-state index is 6.24. The molecule has 0 amide bonds. The topological polar surface area (TPSA) is 30.5 Å². The van der Waals surface area contributed by atoms with Crippen LogP contribution in [0.5, 0.6) is 0 Å². The second-order valence-electron chi connectivity index (χ2n) is 5.43. The van der Waals surface area contributed by atoms with Gasteiger partial charge >= 0.3 is 0 Å². The van der Waals surface area contributed by atoms with E-state index in [2.05, 4.69) is 12.2 Å². The molecular weight excluding hydrogens is 202 g/mol. The smallest absolute Gasteiger partial charge is 0.0708 e. The first-order chi connectivity index (χ1) is 7.74. The van der Waals surface area contributed by atoms with Crippen LogP contribution in [0.4, 0.5) is 0 Å². The van der Waals surface area contributed by atoms with Gasteiger partial charge in [0.1, 0.15) is 0 Å². The van der Waals surface area contributed by atoms with Gasteiger partial charge in [0, 0.05) is 19.7 Å². The monoisotopic (exact) mass is 227 g/mol. The van der Waals surface area contributed by atoms with Crippen molar-refractivity contribution in [3.63, 3.8) is 0 Å². The van der Waals surface area contributed by atoms with Crippen LogP contribution < -0.4 is 5.32 Å². The number of rotatable bonds is 5. The van der Waals surface area contributed by atoms with Crippen molar-refractivity contribution in [3.05, 3.63) is 0 Å². The lowest BCUT2D eigenvalue weighted by atomic mass is 9.98. The molecule has 2 atom stereocenters. The van der Waals surface area contributed by atoms with Crippen molar-refractivity contribution in [2.75, 3.05) is 20.3 Å². The summed E-state index contributed by atoms with van der Waals surface area (Å²) in [6.07, 6.45) is 8.23. The summed E-state index contributed by atoms with van der Waals surface area (Å²) in [6.45, 7) is 3.91. The van der Waals surface area contributed by atoms with Crippen molar-refractivity contribution >= 4 is 0 Å². The van der Waals surface area contributed by atoms with Crippen LogP contribution in [-0.2, 0) is 9.47 Å². The molecule has 2 fully saturated rings. The maximum absolute atomic E-state index is 6.24. The summed E-state index contributed by atoms with van der Waals surface area (Å²) in [5.74, 6) is 0. The Balaban J connectivity index is 1.68. The van der Waals surface area contributed by atoms with E-state index >= 15 is 0 Å². The van der Waals surface area contributed by atoms with Crippen LogP contribution in [0.3, 0.4) is 0 Å². The molecule has 0 aromatic heterocycles. The third kappa shape index (κ3) is 2.96. The molecular formula is C13H25NO2. The average molecular weight is 227 g/mol. The average Bonchev–Trinajstić information content (AvgIpc) is 2.88. The van der Waals surface area contributed by atoms with Gasteiger partial charge in [-0.1, -0.05) is 12.8 Å². The van der Waals surface area contributed by atoms with Gasteiger partial charge < -0.3 is 14.8 Å². The zero-order chi connectivity index (χ0) is 11.4. The van der Waals surface area contributed by atoms with Crippen molar-refractivity contribution in [2.24, 2.45) is 0 Å². The van der Waals surface area contributed by atoms with Gasteiger partial charge in [-0.2, -0.15) is 0 Å². The fourth-order valence-electron chi connectivity index (χ4n) is 3.07. The molecule has 3 heteroatoms. The Bertz CT molecular complexity index is 214. The lowest BCUT2D eigenvalue weighted by Gasteiger charge is -2.24. The van der Waals surface area contributed by atoms with E-state index in [1.807, 2.05) is 0 Å². The van der Waals surface area contributed by atoms with Gasteiger partial charge in [0.2, 0.25) is 0 Å². The Morgan fingerprint density at radius 2 is 2.12 bits per heavy atom. The summed E-state index contributed by atoms with van der Waals surface area (Å²) >= 11 is 0. The van der Waals surface area contributed by atoms with Crippen molar-refractivity contribution in [2.45, 2.75) is 63.2 Å². The van der Waals surface area contributed by atoms with E-state index in [4.69, 9.17) is 9.47 Å². The van der Waals surface area contributed by atoms with E-state index in [0.717, 1.165) is 13.2 Å². The first-order valence-electron chi connectivity index (χ1n) is 6.64. The quantitative estimate of drug-likeness (QED) is 0.780. The minimum Gasteiger partial charge on any atom is -0.383 e. The van der Waals surface area contributed by atoms with Gasteiger partial charge in [-0.3, -0.25) is 0 Å². The second-order valence-corrected chi connectivity index (χ2v) is 5.43. The summed E-state index contributed by atoms with van der Waals surface area (Å²) in [6, 6.07) is 0.425. The first kappa shape index (κ1) is 12.3. The summed E-state index contributed by atoms with van der Waals surface area (Å²) in [5, 5.41) is 3.48. The van der Waals surface area contributed by atoms with Crippen molar-refractivity contribution < 1.29 is 9.47 Å². The number of hydrogen-bond donors (Lipinski definition) is 1.